The van der Waals surface area contributed by atoms with Gasteiger partial charge in [-0.25, -0.2) is 4.79 Å². The number of rotatable bonds is 6. The summed E-state index contributed by atoms with van der Waals surface area (Å²) < 4.78 is 14.4. The Morgan fingerprint density at radius 2 is 1.79 bits per heavy atom. The Hall–Kier alpha value is -3.99. The molecule has 0 unspecified atom stereocenters. The van der Waals surface area contributed by atoms with Crippen LogP contribution in [-0.2, 0) is 4.79 Å². The van der Waals surface area contributed by atoms with Gasteiger partial charge in [0, 0.05) is 6.08 Å². The highest BCUT2D eigenvalue weighted by molar-refractivity contribution is 6.01. The highest BCUT2D eigenvalue weighted by Gasteiger charge is 2.28. The van der Waals surface area contributed by atoms with Crippen LogP contribution < -0.4 is 0 Å². The minimum atomic E-state index is -0.980. The van der Waals surface area contributed by atoms with E-state index >= 15 is 0 Å². The molecule has 1 saturated carbocycles. The molecule has 0 amide bonds. The molecule has 4 nitrogen and oxygen atoms in total. The zero-order valence-electron chi connectivity index (χ0n) is 18.9. The maximum Gasteiger partial charge on any atom is 0.328 e. The number of aromatic nitrogens is 2. The minimum Gasteiger partial charge on any atom is -0.478 e. The molecule has 34 heavy (non-hydrogen) atoms. The molecular formula is C29H25FN2O2. The lowest BCUT2D eigenvalue weighted by molar-refractivity contribution is -0.131. The van der Waals surface area contributed by atoms with E-state index < -0.39 is 11.9 Å². The number of aliphatic carboxylic acids is 1. The first kappa shape index (κ1) is 21.8. The SMILES string of the molecule is Cc1ccccc1C(=C(c1ccc(C=CC(=O)O)cc1)c1ccc2[nH]nc(F)c2c1)C1CCC1. The number of nitrogens with zero attached hydrogens (tertiary/aromatic N) is 1. The summed E-state index contributed by atoms with van der Waals surface area (Å²) in [6.07, 6.45) is 6.15. The molecule has 4 aromatic rings. The van der Waals surface area contributed by atoms with Crippen molar-refractivity contribution >= 4 is 34.1 Å². The van der Waals surface area contributed by atoms with E-state index in [4.69, 9.17) is 5.11 Å². The summed E-state index contributed by atoms with van der Waals surface area (Å²) in [7, 11) is 0. The Labute approximate surface area is 197 Å². The fourth-order valence-corrected chi connectivity index (χ4v) is 4.67. The van der Waals surface area contributed by atoms with Crippen molar-refractivity contribution in [2.24, 2.45) is 5.92 Å². The summed E-state index contributed by atoms with van der Waals surface area (Å²) in [5, 5.41) is 15.9. The lowest BCUT2D eigenvalue weighted by atomic mass is 9.72. The Balaban J connectivity index is 1.76. The number of aromatic amines is 1. The van der Waals surface area contributed by atoms with E-state index in [1.54, 1.807) is 6.08 Å². The van der Waals surface area contributed by atoms with Crippen molar-refractivity contribution in [2.45, 2.75) is 26.2 Å². The summed E-state index contributed by atoms with van der Waals surface area (Å²) in [5.41, 5.74) is 8.20. The Morgan fingerprint density at radius 1 is 1.06 bits per heavy atom. The fraction of sp³-hybridized carbons (Fsp3) is 0.172. The zero-order valence-corrected chi connectivity index (χ0v) is 18.9. The van der Waals surface area contributed by atoms with Gasteiger partial charge in [-0.05, 0) is 82.9 Å². The average Bonchev–Trinajstić information content (AvgIpc) is 3.17. The number of allylic oxidation sites excluding steroid dienone is 1. The van der Waals surface area contributed by atoms with Gasteiger partial charge in [-0.2, -0.15) is 4.39 Å². The Bertz CT molecular complexity index is 1430. The first-order valence-electron chi connectivity index (χ1n) is 11.5. The van der Waals surface area contributed by atoms with Crippen molar-refractivity contribution < 1.29 is 14.3 Å². The molecule has 1 aliphatic rings. The van der Waals surface area contributed by atoms with Gasteiger partial charge in [0.2, 0.25) is 5.95 Å². The van der Waals surface area contributed by atoms with Crippen LogP contribution in [0.25, 0.3) is 28.1 Å². The number of nitrogens with one attached hydrogen (secondary N) is 1. The smallest absolute Gasteiger partial charge is 0.328 e. The molecule has 3 aromatic carbocycles. The third kappa shape index (κ3) is 4.17. The van der Waals surface area contributed by atoms with Crippen LogP contribution in [0.4, 0.5) is 4.39 Å². The molecule has 0 bridgehead atoms. The lowest BCUT2D eigenvalue weighted by Crippen LogP contribution is -2.15. The molecule has 0 aliphatic heterocycles. The Morgan fingerprint density at radius 3 is 2.47 bits per heavy atom. The molecule has 170 valence electrons. The standard InChI is InChI=1S/C29H25FN2O2/c1-18-5-2-3-8-23(18)28(20-6-4-7-20)27(21-12-9-19(10-13-21)11-16-26(33)34)22-14-15-25-24(17-22)29(30)32-31-25/h2-3,5,8-17,20H,4,6-7H2,1H3,(H,31,32)(H,33,34). The predicted molar refractivity (Wildman–Crippen MR) is 134 cm³/mol. The molecule has 2 N–H and O–H groups in total. The molecule has 0 atom stereocenters. The first-order valence-corrected chi connectivity index (χ1v) is 11.5. The molecular weight excluding hydrogens is 427 g/mol. The summed E-state index contributed by atoms with van der Waals surface area (Å²) in [6, 6.07) is 22.1. The molecule has 5 rings (SSSR count). The number of H-pyrrole nitrogens is 1. The number of benzene rings is 3. The first-order chi connectivity index (χ1) is 16.5. The zero-order chi connectivity index (χ0) is 23.7. The summed E-state index contributed by atoms with van der Waals surface area (Å²) >= 11 is 0. The van der Waals surface area contributed by atoms with Gasteiger partial charge in [0.15, 0.2) is 0 Å². The van der Waals surface area contributed by atoms with Gasteiger partial charge in [0.05, 0.1) is 10.9 Å². The summed E-state index contributed by atoms with van der Waals surface area (Å²) in [4.78, 5) is 10.9. The normalized spacial score (nSPS) is 14.9. The van der Waals surface area contributed by atoms with E-state index in [9.17, 15) is 9.18 Å². The second kappa shape index (κ2) is 9.10. The number of carboxylic acids is 1. The van der Waals surface area contributed by atoms with Crippen molar-refractivity contribution in [3.8, 4) is 0 Å². The van der Waals surface area contributed by atoms with E-state index in [-0.39, 0.29) is 0 Å². The van der Waals surface area contributed by atoms with Crippen LogP contribution >= 0.6 is 0 Å². The van der Waals surface area contributed by atoms with Crippen LogP contribution in [0.3, 0.4) is 0 Å². The Kier molecular flexibility index (Phi) is 5.84. The molecule has 0 saturated heterocycles. The molecule has 0 spiro atoms. The molecule has 0 radical (unpaired) electrons. The summed E-state index contributed by atoms with van der Waals surface area (Å²) in [6.45, 7) is 2.13. The quantitative estimate of drug-likeness (QED) is 0.248. The van der Waals surface area contributed by atoms with E-state index in [0.29, 0.717) is 16.8 Å². The van der Waals surface area contributed by atoms with Gasteiger partial charge in [-0.3, -0.25) is 5.10 Å². The van der Waals surface area contributed by atoms with Gasteiger partial charge in [-0.1, -0.05) is 61.0 Å². The number of hydrogen-bond acceptors (Lipinski definition) is 2. The molecule has 1 fully saturated rings. The van der Waals surface area contributed by atoms with Crippen molar-refractivity contribution in [2.75, 3.05) is 0 Å². The molecule has 1 aliphatic carbocycles. The van der Waals surface area contributed by atoms with Gasteiger partial charge in [0.1, 0.15) is 0 Å². The van der Waals surface area contributed by atoms with Crippen LogP contribution in [0.15, 0.2) is 72.8 Å². The van der Waals surface area contributed by atoms with Crippen LogP contribution in [0.2, 0.25) is 0 Å². The van der Waals surface area contributed by atoms with Crippen LogP contribution in [-0.4, -0.2) is 21.3 Å². The van der Waals surface area contributed by atoms with E-state index in [1.165, 1.54) is 23.1 Å². The molecule has 1 aromatic heterocycles. The number of carboxylic acid groups (broad SMARTS) is 1. The lowest BCUT2D eigenvalue weighted by Gasteiger charge is -2.32. The molecule has 1 heterocycles. The van der Waals surface area contributed by atoms with E-state index in [2.05, 4.69) is 35.3 Å². The maximum absolute atomic E-state index is 14.4. The van der Waals surface area contributed by atoms with Gasteiger partial charge in [-0.15, -0.1) is 5.10 Å². The topological polar surface area (TPSA) is 66.0 Å². The third-order valence-corrected chi connectivity index (χ3v) is 6.64. The second-order valence-electron chi connectivity index (χ2n) is 8.80. The van der Waals surface area contributed by atoms with Crippen LogP contribution in [0, 0.1) is 18.8 Å². The highest BCUT2D eigenvalue weighted by atomic mass is 19.1. The number of hydrogen-bond donors (Lipinski definition) is 2. The van der Waals surface area contributed by atoms with Crippen molar-refractivity contribution in [1.29, 1.82) is 0 Å². The van der Waals surface area contributed by atoms with Crippen molar-refractivity contribution in [3.05, 3.63) is 107 Å². The van der Waals surface area contributed by atoms with Crippen molar-refractivity contribution in [1.82, 2.24) is 10.2 Å². The fourth-order valence-electron chi connectivity index (χ4n) is 4.67. The number of fused-ring (bicyclic) bond motifs is 1. The monoisotopic (exact) mass is 452 g/mol. The number of aryl methyl sites for hydroxylation is 1. The molecule has 5 heteroatoms. The number of halogens is 1. The van der Waals surface area contributed by atoms with Gasteiger partial charge >= 0.3 is 5.97 Å². The predicted octanol–water partition coefficient (Wildman–Crippen LogP) is 6.87. The minimum absolute atomic E-state index is 0.424. The van der Waals surface area contributed by atoms with Crippen molar-refractivity contribution in [3.63, 3.8) is 0 Å². The average molecular weight is 453 g/mol. The van der Waals surface area contributed by atoms with Gasteiger partial charge < -0.3 is 5.11 Å². The van der Waals surface area contributed by atoms with E-state index in [1.807, 2.05) is 48.5 Å². The second-order valence-corrected chi connectivity index (χ2v) is 8.80. The highest BCUT2D eigenvalue weighted by Crippen LogP contribution is 2.46. The number of carbonyl (C=O) groups is 1. The maximum atomic E-state index is 14.4. The van der Waals surface area contributed by atoms with Crippen LogP contribution in [0.1, 0.15) is 47.1 Å². The van der Waals surface area contributed by atoms with Gasteiger partial charge in [0.25, 0.3) is 0 Å². The third-order valence-electron chi connectivity index (χ3n) is 6.64. The summed E-state index contributed by atoms with van der Waals surface area (Å²) in [5.74, 6) is -1.06. The van der Waals surface area contributed by atoms with E-state index in [0.717, 1.165) is 41.2 Å². The van der Waals surface area contributed by atoms with Crippen LogP contribution in [0.5, 0.6) is 0 Å². The largest absolute Gasteiger partial charge is 0.478 e.